The smallest absolute Gasteiger partial charge is 0.249 e. The van der Waals surface area contributed by atoms with Crippen LogP contribution in [0, 0.1) is 0 Å². The second kappa shape index (κ2) is 32.3. The molecule has 0 aromatic carbocycles. The van der Waals surface area contributed by atoms with Crippen molar-refractivity contribution in [2.24, 2.45) is 0 Å². The van der Waals surface area contributed by atoms with E-state index in [-0.39, 0.29) is 12.8 Å². The molecular formula is C42H75NO10. The average Bonchev–Trinajstić information content (AvgIpc) is 3.16. The molecule has 11 heteroatoms. The van der Waals surface area contributed by atoms with Gasteiger partial charge in [-0.15, -0.1) is 0 Å². The summed E-state index contributed by atoms with van der Waals surface area (Å²) in [5.74, 6) is -0.728. The third kappa shape index (κ3) is 22.9. The number of aliphatic hydroxyl groups is 7. The number of rotatable bonds is 32. The summed E-state index contributed by atoms with van der Waals surface area (Å²) >= 11 is 0. The van der Waals surface area contributed by atoms with Gasteiger partial charge in [0.15, 0.2) is 6.29 Å². The minimum Gasteiger partial charge on any atom is -0.394 e. The van der Waals surface area contributed by atoms with Crippen molar-refractivity contribution in [3.8, 4) is 0 Å². The Morgan fingerprint density at radius 2 is 1.19 bits per heavy atom. The van der Waals surface area contributed by atoms with Gasteiger partial charge in [-0.25, -0.2) is 0 Å². The van der Waals surface area contributed by atoms with Crippen LogP contribution in [0.3, 0.4) is 0 Å². The maximum atomic E-state index is 13.0. The van der Waals surface area contributed by atoms with E-state index in [4.69, 9.17) is 9.47 Å². The van der Waals surface area contributed by atoms with Gasteiger partial charge < -0.3 is 50.5 Å². The summed E-state index contributed by atoms with van der Waals surface area (Å²) in [7, 11) is 0. The number of hydrogen-bond donors (Lipinski definition) is 8. The Kier molecular flexibility index (Phi) is 29.9. The zero-order valence-corrected chi connectivity index (χ0v) is 32.7. The van der Waals surface area contributed by atoms with E-state index in [2.05, 4.69) is 61.7 Å². The summed E-state index contributed by atoms with van der Waals surface area (Å²) in [6.45, 7) is 3.30. The Balaban J connectivity index is 2.59. The number of unbranched alkanes of at least 4 members (excludes halogenated alkanes) is 13. The molecule has 1 aliphatic heterocycles. The minimum absolute atomic E-state index is 0.231. The van der Waals surface area contributed by atoms with Crippen molar-refractivity contribution in [2.75, 3.05) is 13.2 Å². The molecule has 1 rings (SSSR count). The van der Waals surface area contributed by atoms with Crippen molar-refractivity contribution in [2.45, 2.75) is 197 Å². The van der Waals surface area contributed by atoms with Gasteiger partial charge in [0.2, 0.25) is 5.91 Å². The van der Waals surface area contributed by atoms with Gasteiger partial charge in [-0.1, -0.05) is 114 Å². The first-order valence-electron chi connectivity index (χ1n) is 20.6. The molecule has 9 unspecified atom stereocenters. The predicted octanol–water partition coefficient (Wildman–Crippen LogP) is 5.44. The Morgan fingerprint density at radius 1 is 0.660 bits per heavy atom. The summed E-state index contributed by atoms with van der Waals surface area (Å²) in [5.41, 5.74) is 0. The van der Waals surface area contributed by atoms with Crippen LogP contribution in [-0.4, -0.2) is 110 Å². The Bertz CT molecular complexity index is 1000. The van der Waals surface area contributed by atoms with Crippen molar-refractivity contribution >= 4 is 5.91 Å². The highest BCUT2D eigenvalue weighted by Gasteiger charge is 2.44. The Hall–Kier alpha value is -1.93. The number of nitrogens with one attached hydrogen (secondary N) is 1. The van der Waals surface area contributed by atoms with Gasteiger partial charge in [0, 0.05) is 0 Å². The van der Waals surface area contributed by atoms with Crippen LogP contribution in [0.15, 0.2) is 48.6 Å². The SMILES string of the molecule is CCCCC/C=C\C=C/CCCCCCCC(O)C(=O)NC(COC1OC(CO)C(O)C(O)C1O)C(O)C(O)CCC/C=C/CC/C=C/CCCCC. The van der Waals surface area contributed by atoms with E-state index < -0.39 is 74.2 Å². The third-order valence-corrected chi connectivity index (χ3v) is 9.61. The molecule has 0 aliphatic carbocycles. The van der Waals surface area contributed by atoms with Crippen LogP contribution >= 0.6 is 0 Å². The van der Waals surface area contributed by atoms with Crippen molar-refractivity contribution in [1.29, 1.82) is 0 Å². The van der Waals surface area contributed by atoms with Crippen LogP contribution in [-0.2, 0) is 14.3 Å². The molecule has 1 heterocycles. The number of carbonyl (C=O) groups is 1. The maximum Gasteiger partial charge on any atom is 0.249 e. The number of allylic oxidation sites excluding steroid dienone is 8. The predicted molar refractivity (Wildman–Crippen MR) is 210 cm³/mol. The van der Waals surface area contributed by atoms with Crippen LogP contribution in [0.5, 0.6) is 0 Å². The number of hydrogen-bond acceptors (Lipinski definition) is 10. The van der Waals surface area contributed by atoms with E-state index in [1.54, 1.807) is 0 Å². The number of carbonyl (C=O) groups excluding carboxylic acids is 1. The van der Waals surface area contributed by atoms with Crippen molar-refractivity contribution < 1.29 is 50.0 Å². The van der Waals surface area contributed by atoms with E-state index in [1.807, 2.05) is 6.08 Å². The second-order valence-electron chi connectivity index (χ2n) is 14.4. The summed E-state index contributed by atoms with van der Waals surface area (Å²) in [4.78, 5) is 13.0. The lowest BCUT2D eigenvalue weighted by Gasteiger charge is -2.40. The molecule has 9 atom stereocenters. The second-order valence-corrected chi connectivity index (χ2v) is 14.4. The first-order valence-corrected chi connectivity index (χ1v) is 20.6. The van der Waals surface area contributed by atoms with Crippen LogP contribution in [0.1, 0.15) is 142 Å². The molecule has 0 bridgehead atoms. The quantitative estimate of drug-likeness (QED) is 0.0250. The molecule has 11 nitrogen and oxygen atoms in total. The van der Waals surface area contributed by atoms with Gasteiger partial charge >= 0.3 is 0 Å². The molecule has 1 aliphatic rings. The Labute approximate surface area is 319 Å². The molecule has 1 amide bonds. The van der Waals surface area contributed by atoms with Gasteiger partial charge in [0.25, 0.3) is 0 Å². The van der Waals surface area contributed by atoms with Crippen molar-refractivity contribution in [3.05, 3.63) is 48.6 Å². The highest BCUT2D eigenvalue weighted by Crippen LogP contribution is 2.23. The maximum absolute atomic E-state index is 13.0. The van der Waals surface area contributed by atoms with E-state index in [0.29, 0.717) is 19.3 Å². The number of aliphatic hydroxyl groups excluding tert-OH is 7. The molecule has 0 spiro atoms. The van der Waals surface area contributed by atoms with Gasteiger partial charge in [-0.05, 0) is 77.0 Å². The van der Waals surface area contributed by atoms with Crippen molar-refractivity contribution in [3.63, 3.8) is 0 Å². The largest absolute Gasteiger partial charge is 0.394 e. The molecular weight excluding hydrogens is 678 g/mol. The lowest BCUT2D eigenvalue weighted by atomic mass is 9.98. The first kappa shape index (κ1) is 49.1. The zero-order chi connectivity index (χ0) is 39.1. The molecule has 0 aromatic rings. The van der Waals surface area contributed by atoms with Crippen molar-refractivity contribution in [1.82, 2.24) is 5.32 Å². The van der Waals surface area contributed by atoms with E-state index >= 15 is 0 Å². The van der Waals surface area contributed by atoms with E-state index in [0.717, 1.165) is 57.8 Å². The molecule has 0 saturated carbocycles. The lowest BCUT2D eigenvalue weighted by Crippen LogP contribution is -2.60. The first-order chi connectivity index (χ1) is 25.7. The molecule has 1 fully saturated rings. The number of ether oxygens (including phenoxy) is 2. The van der Waals surface area contributed by atoms with Crippen LogP contribution in [0.25, 0.3) is 0 Å². The highest BCUT2D eigenvalue weighted by molar-refractivity contribution is 5.80. The Morgan fingerprint density at radius 3 is 1.79 bits per heavy atom. The molecule has 0 aromatic heterocycles. The minimum atomic E-state index is -1.67. The topological polar surface area (TPSA) is 189 Å². The number of amides is 1. The van der Waals surface area contributed by atoms with Crippen LogP contribution in [0.4, 0.5) is 0 Å². The standard InChI is InChI=1S/C42H75NO10/c1-3-5-7-9-11-13-15-17-18-20-22-24-26-28-30-35(46)41(51)43-33(32-52-42-40(50)39(49)38(48)36(31-44)53-42)37(47)34(45)29-27-25-23-21-19-16-14-12-10-8-6-4-2/h11-15,17,21,23,33-40,42,44-50H,3-10,16,18-20,22,24-32H2,1-2H3,(H,43,51)/b13-11-,14-12+,17-15-,23-21+. The highest BCUT2D eigenvalue weighted by atomic mass is 16.7. The summed E-state index contributed by atoms with van der Waals surface area (Å²) in [5, 5.41) is 75.3. The molecule has 8 N–H and O–H groups in total. The molecule has 1 saturated heterocycles. The fourth-order valence-electron chi connectivity index (χ4n) is 6.09. The summed E-state index contributed by atoms with van der Waals surface area (Å²) in [6, 6.07) is -1.20. The zero-order valence-electron chi connectivity index (χ0n) is 32.7. The lowest BCUT2D eigenvalue weighted by molar-refractivity contribution is -0.303. The normalized spacial score (nSPS) is 23.4. The van der Waals surface area contributed by atoms with Crippen LogP contribution in [0.2, 0.25) is 0 Å². The van der Waals surface area contributed by atoms with Crippen LogP contribution < -0.4 is 5.32 Å². The molecule has 0 radical (unpaired) electrons. The fraction of sp³-hybridized carbons (Fsp3) is 0.786. The van der Waals surface area contributed by atoms with E-state index in [9.17, 15) is 40.5 Å². The third-order valence-electron chi connectivity index (χ3n) is 9.61. The summed E-state index contributed by atoms with van der Waals surface area (Å²) < 4.78 is 11.0. The van der Waals surface area contributed by atoms with Gasteiger partial charge in [-0.3, -0.25) is 4.79 Å². The summed E-state index contributed by atoms with van der Waals surface area (Å²) in [6.07, 6.45) is 24.5. The van der Waals surface area contributed by atoms with E-state index in [1.165, 1.54) is 38.5 Å². The van der Waals surface area contributed by atoms with Gasteiger partial charge in [0.05, 0.1) is 25.4 Å². The van der Waals surface area contributed by atoms with Gasteiger partial charge in [-0.2, -0.15) is 0 Å². The molecule has 308 valence electrons. The monoisotopic (exact) mass is 754 g/mol. The average molecular weight is 754 g/mol. The fourth-order valence-corrected chi connectivity index (χ4v) is 6.09. The van der Waals surface area contributed by atoms with Gasteiger partial charge in [0.1, 0.15) is 36.6 Å². The molecule has 53 heavy (non-hydrogen) atoms.